The van der Waals surface area contributed by atoms with E-state index in [-0.39, 0.29) is 11.6 Å². The van der Waals surface area contributed by atoms with Crippen molar-refractivity contribution in [3.8, 4) is 28.4 Å². The van der Waals surface area contributed by atoms with Gasteiger partial charge in [-0.2, -0.15) is 0 Å². The summed E-state index contributed by atoms with van der Waals surface area (Å²) in [6.07, 6.45) is 13.0. The van der Waals surface area contributed by atoms with E-state index < -0.39 is 0 Å². The van der Waals surface area contributed by atoms with Crippen LogP contribution in [0.25, 0.3) is 44.4 Å². The van der Waals surface area contributed by atoms with Crippen LogP contribution in [0.1, 0.15) is 108 Å². The Kier molecular flexibility index (Phi) is 9.23. The number of nitrogens with zero attached hydrogens (tertiary/aromatic N) is 4. The molecular formula is C50H54N4O. The Labute approximate surface area is 327 Å². The summed E-state index contributed by atoms with van der Waals surface area (Å²) < 4.78 is 9.30. The fourth-order valence-corrected chi connectivity index (χ4v) is 8.24. The van der Waals surface area contributed by atoms with Gasteiger partial charge in [-0.3, -0.25) is 4.57 Å². The summed E-state index contributed by atoms with van der Waals surface area (Å²) in [5, 5.41) is 2.36. The average Bonchev–Trinajstić information content (AvgIpc) is 3.68. The number of hydrogen-bond donors (Lipinski definition) is 0. The van der Waals surface area contributed by atoms with Crippen molar-refractivity contribution in [1.82, 2.24) is 19.4 Å². The summed E-state index contributed by atoms with van der Waals surface area (Å²) in [5.41, 5.74) is 12.4. The lowest BCUT2D eigenvalue weighted by Gasteiger charge is -2.29. The van der Waals surface area contributed by atoms with Crippen LogP contribution < -0.4 is 4.74 Å². The van der Waals surface area contributed by atoms with Crippen molar-refractivity contribution in [1.29, 1.82) is 0 Å². The molecule has 4 aromatic carbocycles. The average molecular weight is 727 g/mol. The summed E-state index contributed by atoms with van der Waals surface area (Å²) in [6.45, 7) is 20.6. The first-order valence-corrected chi connectivity index (χ1v) is 19.9. The van der Waals surface area contributed by atoms with Crippen LogP contribution >= 0.6 is 0 Å². The normalized spacial score (nSPS) is 15.7. The molecule has 2 aliphatic heterocycles. The summed E-state index contributed by atoms with van der Waals surface area (Å²) in [4.78, 5) is 9.53. The molecule has 55 heavy (non-hydrogen) atoms. The predicted octanol–water partition coefficient (Wildman–Crippen LogP) is 13.3. The highest BCUT2D eigenvalue weighted by molar-refractivity contribution is 6.09. The Bertz CT molecular complexity index is 2490. The summed E-state index contributed by atoms with van der Waals surface area (Å²) in [7, 11) is 2.15. The van der Waals surface area contributed by atoms with Gasteiger partial charge in [-0.1, -0.05) is 98.7 Å². The Morgan fingerprint density at radius 1 is 0.691 bits per heavy atom. The third kappa shape index (κ3) is 6.64. The van der Waals surface area contributed by atoms with Gasteiger partial charge in [-0.05, 0) is 117 Å². The van der Waals surface area contributed by atoms with Gasteiger partial charge in [0.1, 0.15) is 23.5 Å². The first kappa shape index (κ1) is 36.4. The van der Waals surface area contributed by atoms with Gasteiger partial charge in [0.2, 0.25) is 0 Å². The molecule has 0 spiro atoms. The zero-order chi connectivity index (χ0) is 38.8. The summed E-state index contributed by atoms with van der Waals surface area (Å²) in [6, 6.07) is 31.1. The van der Waals surface area contributed by atoms with Crippen LogP contribution in [0.3, 0.4) is 0 Å². The molecule has 0 amide bonds. The van der Waals surface area contributed by atoms with Crippen LogP contribution in [0.4, 0.5) is 0 Å². The van der Waals surface area contributed by atoms with Crippen molar-refractivity contribution >= 4 is 27.5 Å². The van der Waals surface area contributed by atoms with E-state index in [1.807, 2.05) is 6.20 Å². The number of hydrogen-bond acceptors (Lipinski definition) is 4. The highest BCUT2D eigenvalue weighted by Gasteiger charge is 2.30. The molecule has 8 rings (SSSR count). The zero-order valence-electron chi connectivity index (χ0n) is 34.1. The largest absolute Gasteiger partial charge is 0.457 e. The molecule has 0 bridgehead atoms. The molecule has 2 aromatic heterocycles. The van der Waals surface area contributed by atoms with Gasteiger partial charge in [0.15, 0.2) is 0 Å². The Balaban J connectivity index is 1.32. The molecule has 5 nitrogen and oxygen atoms in total. The lowest BCUT2D eigenvalue weighted by Crippen LogP contribution is -2.33. The SMILES string of the molecule is CC(C)c1cc(C(C)C)c(-c2cc(Oc3ccc4c5ccccc5n(-c5cc(C(C)(C)C)ccn5)c4c3)cc(C3=CN(C)C4C=CC=CN34)c2)c(C(C)C)c1. The topological polar surface area (TPSA) is 33.5 Å². The van der Waals surface area contributed by atoms with Gasteiger partial charge in [0, 0.05) is 48.0 Å². The second kappa shape index (κ2) is 13.9. The van der Waals surface area contributed by atoms with Crippen molar-refractivity contribution < 1.29 is 4.74 Å². The fourth-order valence-electron chi connectivity index (χ4n) is 8.24. The minimum absolute atomic E-state index is 0.00270. The molecular weight excluding hydrogens is 673 g/mol. The number of ether oxygens (including phenoxy) is 1. The predicted molar refractivity (Wildman–Crippen MR) is 231 cm³/mol. The standard InChI is InChI=1S/C50H54N4O/c1-31(2)34-26-42(32(3)4)49(43(27-34)33(5)6)36-23-35(46-30-52(10)48-17-13-14-22-53(46)48)24-39(25-36)55-38-18-19-41-40-15-11-12-16-44(40)54(45(41)29-38)47-28-37(20-21-51-47)50(7,8)9/h11-33,48H,1-10H3. The van der Waals surface area contributed by atoms with Gasteiger partial charge in [-0.25, -0.2) is 4.98 Å². The maximum Gasteiger partial charge on any atom is 0.137 e. The monoisotopic (exact) mass is 726 g/mol. The van der Waals surface area contributed by atoms with Crippen molar-refractivity contribution in [2.75, 3.05) is 7.05 Å². The minimum Gasteiger partial charge on any atom is -0.457 e. The molecule has 5 heteroatoms. The third-order valence-corrected chi connectivity index (χ3v) is 11.3. The fraction of sp³-hybridized carbons (Fsp3) is 0.300. The smallest absolute Gasteiger partial charge is 0.137 e. The van der Waals surface area contributed by atoms with E-state index in [4.69, 9.17) is 9.72 Å². The first-order valence-electron chi connectivity index (χ1n) is 19.9. The second-order valence-electron chi connectivity index (χ2n) is 17.3. The Morgan fingerprint density at radius 2 is 1.40 bits per heavy atom. The quantitative estimate of drug-likeness (QED) is 0.156. The Morgan fingerprint density at radius 3 is 2.11 bits per heavy atom. The van der Waals surface area contributed by atoms with E-state index >= 15 is 0 Å². The Hall–Kier alpha value is -5.55. The lowest BCUT2D eigenvalue weighted by molar-refractivity contribution is 0.282. The van der Waals surface area contributed by atoms with Crippen LogP contribution in [-0.2, 0) is 5.41 Å². The molecule has 2 aliphatic rings. The van der Waals surface area contributed by atoms with Gasteiger partial charge >= 0.3 is 0 Å². The summed E-state index contributed by atoms with van der Waals surface area (Å²) in [5.74, 6) is 3.65. The molecule has 0 saturated carbocycles. The molecule has 0 radical (unpaired) electrons. The molecule has 0 saturated heterocycles. The van der Waals surface area contributed by atoms with E-state index in [9.17, 15) is 0 Å². The van der Waals surface area contributed by atoms with Crippen LogP contribution in [-0.4, -0.2) is 32.6 Å². The van der Waals surface area contributed by atoms with E-state index in [1.54, 1.807) is 0 Å². The molecule has 1 atom stereocenters. The van der Waals surface area contributed by atoms with E-state index in [0.717, 1.165) is 39.6 Å². The molecule has 4 heterocycles. The van der Waals surface area contributed by atoms with Gasteiger partial charge in [-0.15, -0.1) is 0 Å². The van der Waals surface area contributed by atoms with Gasteiger partial charge < -0.3 is 14.5 Å². The van der Waals surface area contributed by atoms with Crippen LogP contribution in [0.5, 0.6) is 11.5 Å². The van der Waals surface area contributed by atoms with Crippen molar-refractivity contribution in [3.63, 3.8) is 0 Å². The highest BCUT2D eigenvalue weighted by Crippen LogP contribution is 2.44. The number of likely N-dealkylation sites (N-methyl/N-ethyl adjacent to an activating group) is 1. The second-order valence-corrected chi connectivity index (χ2v) is 17.3. The first-order chi connectivity index (χ1) is 26.3. The lowest BCUT2D eigenvalue weighted by atomic mass is 9.81. The highest BCUT2D eigenvalue weighted by atomic mass is 16.5. The zero-order valence-corrected chi connectivity index (χ0v) is 34.1. The molecule has 6 aromatic rings. The number of para-hydroxylation sites is 1. The summed E-state index contributed by atoms with van der Waals surface area (Å²) >= 11 is 0. The number of benzene rings is 4. The van der Waals surface area contributed by atoms with Crippen LogP contribution in [0.15, 0.2) is 122 Å². The van der Waals surface area contributed by atoms with Crippen molar-refractivity contribution in [2.45, 2.75) is 91.6 Å². The number of fused-ring (bicyclic) bond motifs is 4. The maximum absolute atomic E-state index is 7.01. The maximum atomic E-state index is 7.01. The molecule has 0 fully saturated rings. The van der Waals surface area contributed by atoms with Crippen molar-refractivity contribution in [3.05, 3.63) is 150 Å². The van der Waals surface area contributed by atoms with E-state index in [2.05, 4.69) is 199 Å². The van der Waals surface area contributed by atoms with E-state index in [0.29, 0.717) is 17.8 Å². The molecule has 0 N–H and O–H groups in total. The van der Waals surface area contributed by atoms with Gasteiger partial charge in [0.05, 0.1) is 16.7 Å². The van der Waals surface area contributed by atoms with Gasteiger partial charge in [0.25, 0.3) is 0 Å². The number of pyridine rings is 1. The molecule has 280 valence electrons. The minimum atomic E-state index is -0.00270. The van der Waals surface area contributed by atoms with Crippen LogP contribution in [0, 0.1) is 0 Å². The number of rotatable bonds is 8. The van der Waals surface area contributed by atoms with Crippen molar-refractivity contribution in [2.24, 2.45) is 0 Å². The number of allylic oxidation sites excluding steroid dienone is 2. The molecule has 1 unspecified atom stereocenters. The van der Waals surface area contributed by atoms with Crippen LogP contribution in [0.2, 0.25) is 0 Å². The third-order valence-electron chi connectivity index (χ3n) is 11.3. The molecule has 0 aliphatic carbocycles. The van der Waals surface area contributed by atoms with E-state index in [1.165, 1.54) is 44.2 Å². The number of aromatic nitrogens is 2.